The molecule has 2 aliphatic rings. The van der Waals surface area contributed by atoms with E-state index in [1.54, 1.807) is 0 Å². The molecule has 0 aromatic carbocycles. The number of anilines is 1. The summed E-state index contributed by atoms with van der Waals surface area (Å²) in [6.07, 6.45) is 10.5. The van der Waals surface area contributed by atoms with E-state index < -0.39 is 0 Å². The minimum absolute atomic E-state index is 0.0309. The first-order valence-electron chi connectivity index (χ1n) is 8.57. The summed E-state index contributed by atoms with van der Waals surface area (Å²) < 4.78 is 7.98. The average Bonchev–Trinajstić information content (AvgIpc) is 3.33. The van der Waals surface area contributed by atoms with Crippen LogP contribution in [0.1, 0.15) is 56.0 Å². The van der Waals surface area contributed by atoms with Crippen LogP contribution in [0.15, 0.2) is 24.7 Å². The van der Waals surface area contributed by atoms with E-state index in [-0.39, 0.29) is 12.1 Å². The van der Waals surface area contributed by atoms with Gasteiger partial charge in [0.1, 0.15) is 17.7 Å². The van der Waals surface area contributed by atoms with Gasteiger partial charge in [-0.05, 0) is 38.7 Å². The summed E-state index contributed by atoms with van der Waals surface area (Å²) >= 11 is 0. The van der Waals surface area contributed by atoms with Gasteiger partial charge in [-0.2, -0.15) is 5.10 Å². The van der Waals surface area contributed by atoms with Gasteiger partial charge in [0.15, 0.2) is 0 Å². The van der Waals surface area contributed by atoms with E-state index in [9.17, 15) is 0 Å². The summed E-state index contributed by atoms with van der Waals surface area (Å²) in [4.78, 5) is 9.07. The molecular formula is C17H23N5O. The maximum absolute atomic E-state index is 6.04. The highest BCUT2D eigenvalue weighted by Crippen LogP contribution is 2.38. The van der Waals surface area contributed by atoms with Gasteiger partial charge in [0.05, 0.1) is 12.2 Å². The second-order valence-corrected chi connectivity index (χ2v) is 6.39. The van der Waals surface area contributed by atoms with E-state index in [1.165, 1.54) is 12.8 Å². The standard InChI is InChI=1S/C17H23N5O/c1-2-22-11-13(10-19-22)16-14(4-3-9-23-16)20-15-7-8-18-17(21-15)12-5-6-12/h7-8,10-12,14,16H,2-6,9H2,1H3,(H,18,20,21)/t14-,16+/m0/s1. The lowest BCUT2D eigenvalue weighted by atomic mass is 9.98. The van der Waals surface area contributed by atoms with Crippen LogP contribution in [0.5, 0.6) is 0 Å². The van der Waals surface area contributed by atoms with E-state index >= 15 is 0 Å². The summed E-state index contributed by atoms with van der Waals surface area (Å²) in [5.41, 5.74) is 1.14. The number of nitrogens with one attached hydrogen (secondary N) is 1. The molecule has 23 heavy (non-hydrogen) atoms. The third-order valence-electron chi connectivity index (χ3n) is 4.58. The summed E-state index contributed by atoms with van der Waals surface area (Å²) in [5, 5.41) is 7.95. The SMILES string of the molecule is CCn1cc([C@H]2OCCC[C@@H]2Nc2ccnc(C3CC3)n2)cn1. The van der Waals surface area contributed by atoms with Crippen molar-refractivity contribution in [3.63, 3.8) is 0 Å². The van der Waals surface area contributed by atoms with Crippen molar-refractivity contribution in [1.82, 2.24) is 19.7 Å². The fourth-order valence-corrected chi connectivity index (χ4v) is 3.14. The van der Waals surface area contributed by atoms with Gasteiger partial charge in [0.2, 0.25) is 0 Å². The van der Waals surface area contributed by atoms with Crippen molar-refractivity contribution in [2.24, 2.45) is 0 Å². The Hall–Kier alpha value is -1.95. The molecule has 0 bridgehead atoms. The summed E-state index contributed by atoms with van der Waals surface area (Å²) in [6.45, 7) is 3.77. The minimum Gasteiger partial charge on any atom is -0.371 e. The molecule has 122 valence electrons. The van der Waals surface area contributed by atoms with Gasteiger partial charge in [-0.1, -0.05) is 0 Å². The van der Waals surface area contributed by atoms with E-state index in [4.69, 9.17) is 4.74 Å². The lowest BCUT2D eigenvalue weighted by Gasteiger charge is -2.32. The first-order valence-corrected chi connectivity index (χ1v) is 8.57. The number of rotatable bonds is 5. The van der Waals surface area contributed by atoms with Crippen LogP contribution < -0.4 is 5.32 Å². The zero-order chi connectivity index (χ0) is 15.6. The monoisotopic (exact) mass is 313 g/mol. The van der Waals surface area contributed by atoms with Crippen molar-refractivity contribution in [3.8, 4) is 0 Å². The third-order valence-corrected chi connectivity index (χ3v) is 4.58. The molecule has 3 heterocycles. The molecule has 6 heteroatoms. The van der Waals surface area contributed by atoms with Crippen LogP contribution in [0.4, 0.5) is 5.82 Å². The second kappa shape index (κ2) is 6.28. The highest BCUT2D eigenvalue weighted by atomic mass is 16.5. The molecule has 6 nitrogen and oxygen atoms in total. The van der Waals surface area contributed by atoms with Crippen LogP contribution in [0.25, 0.3) is 0 Å². The summed E-state index contributed by atoms with van der Waals surface area (Å²) in [7, 11) is 0. The molecule has 1 aliphatic carbocycles. The maximum atomic E-state index is 6.04. The Balaban J connectivity index is 1.52. The van der Waals surface area contributed by atoms with E-state index in [1.807, 2.05) is 23.1 Å². The van der Waals surface area contributed by atoms with E-state index in [0.717, 1.165) is 43.2 Å². The Bertz CT molecular complexity index is 667. The Kier molecular flexibility index (Phi) is 3.99. The summed E-state index contributed by atoms with van der Waals surface area (Å²) in [5.74, 6) is 2.45. The molecule has 2 aromatic heterocycles. The van der Waals surface area contributed by atoms with Gasteiger partial charge in [-0.3, -0.25) is 4.68 Å². The lowest BCUT2D eigenvalue weighted by molar-refractivity contribution is 0.00550. The van der Waals surface area contributed by atoms with Crippen molar-refractivity contribution in [3.05, 3.63) is 36.0 Å². The number of hydrogen-bond donors (Lipinski definition) is 1. The summed E-state index contributed by atoms with van der Waals surface area (Å²) in [6, 6.07) is 2.17. The van der Waals surface area contributed by atoms with E-state index in [0.29, 0.717) is 5.92 Å². The molecule has 0 radical (unpaired) electrons. The second-order valence-electron chi connectivity index (χ2n) is 6.39. The molecule has 4 rings (SSSR count). The zero-order valence-corrected chi connectivity index (χ0v) is 13.5. The fourth-order valence-electron chi connectivity index (χ4n) is 3.14. The predicted octanol–water partition coefficient (Wildman–Crippen LogP) is 2.90. The first kappa shape index (κ1) is 14.6. The van der Waals surface area contributed by atoms with Crippen LogP contribution in [0.3, 0.4) is 0 Å². The average molecular weight is 313 g/mol. The lowest BCUT2D eigenvalue weighted by Crippen LogP contribution is -2.34. The van der Waals surface area contributed by atoms with Gasteiger partial charge < -0.3 is 10.1 Å². The quantitative estimate of drug-likeness (QED) is 0.919. The molecule has 2 atom stereocenters. The van der Waals surface area contributed by atoms with Crippen LogP contribution in [0.2, 0.25) is 0 Å². The van der Waals surface area contributed by atoms with Gasteiger partial charge in [0, 0.05) is 37.0 Å². The van der Waals surface area contributed by atoms with Gasteiger partial charge in [0.25, 0.3) is 0 Å². The Morgan fingerprint density at radius 2 is 2.26 bits per heavy atom. The minimum atomic E-state index is 0.0309. The molecule has 0 unspecified atom stereocenters. The Labute approximate surface area is 136 Å². The number of aromatic nitrogens is 4. The highest BCUT2D eigenvalue weighted by Gasteiger charge is 2.30. The topological polar surface area (TPSA) is 64.9 Å². The smallest absolute Gasteiger partial charge is 0.133 e. The van der Waals surface area contributed by atoms with Crippen LogP contribution in [-0.2, 0) is 11.3 Å². The molecule has 1 saturated heterocycles. The van der Waals surface area contributed by atoms with Crippen molar-refractivity contribution in [2.45, 2.75) is 57.2 Å². The van der Waals surface area contributed by atoms with Crippen LogP contribution >= 0.6 is 0 Å². The Morgan fingerprint density at radius 3 is 3.04 bits per heavy atom. The molecule has 1 N–H and O–H groups in total. The molecule has 0 amide bonds. The van der Waals surface area contributed by atoms with Crippen molar-refractivity contribution >= 4 is 5.82 Å². The van der Waals surface area contributed by atoms with Crippen molar-refractivity contribution < 1.29 is 4.74 Å². The number of aryl methyl sites for hydroxylation is 1. The fraction of sp³-hybridized carbons (Fsp3) is 0.588. The molecule has 2 aromatic rings. The first-order chi connectivity index (χ1) is 11.3. The molecular weight excluding hydrogens is 290 g/mol. The largest absolute Gasteiger partial charge is 0.371 e. The third kappa shape index (κ3) is 3.22. The number of hydrogen-bond acceptors (Lipinski definition) is 5. The Morgan fingerprint density at radius 1 is 1.35 bits per heavy atom. The number of nitrogens with zero attached hydrogens (tertiary/aromatic N) is 4. The van der Waals surface area contributed by atoms with Crippen LogP contribution in [-0.4, -0.2) is 32.4 Å². The van der Waals surface area contributed by atoms with Gasteiger partial charge >= 0.3 is 0 Å². The predicted molar refractivity (Wildman–Crippen MR) is 87.2 cm³/mol. The van der Waals surface area contributed by atoms with E-state index in [2.05, 4.69) is 33.5 Å². The molecule has 0 spiro atoms. The van der Waals surface area contributed by atoms with Gasteiger partial charge in [-0.15, -0.1) is 0 Å². The molecule has 1 aliphatic heterocycles. The highest BCUT2D eigenvalue weighted by molar-refractivity contribution is 5.36. The van der Waals surface area contributed by atoms with Crippen molar-refractivity contribution in [2.75, 3.05) is 11.9 Å². The zero-order valence-electron chi connectivity index (χ0n) is 13.5. The van der Waals surface area contributed by atoms with Crippen molar-refractivity contribution in [1.29, 1.82) is 0 Å². The number of ether oxygens (including phenoxy) is 1. The maximum Gasteiger partial charge on any atom is 0.133 e. The normalized spacial score (nSPS) is 24.6. The molecule has 1 saturated carbocycles. The van der Waals surface area contributed by atoms with Crippen LogP contribution in [0, 0.1) is 0 Å². The molecule has 2 fully saturated rings. The van der Waals surface area contributed by atoms with Gasteiger partial charge in [-0.25, -0.2) is 9.97 Å².